The molecule has 2 aromatic rings. The summed E-state index contributed by atoms with van der Waals surface area (Å²) < 4.78 is 41.4. The normalized spacial score (nSPS) is 16.8. The van der Waals surface area contributed by atoms with E-state index in [1.807, 2.05) is 42.8 Å². The van der Waals surface area contributed by atoms with Gasteiger partial charge in [0.15, 0.2) is 0 Å². The molecule has 1 fully saturated rings. The molecule has 0 bridgehead atoms. The number of amides is 1. The highest BCUT2D eigenvalue weighted by Crippen LogP contribution is 2.35. The molecule has 7 heteroatoms. The van der Waals surface area contributed by atoms with Crippen molar-refractivity contribution in [3.05, 3.63) is 34.4 Å². The first kappa shape index (κ1) is 18.3. The molecule has 1 aliphatic heterocycles. The molecule has 0 radical (unpaired) electrons. The van der Waals surface area contributed by atoms with E-state index >= 15 is 0 Å². The highest BCUT2D eigenvalue weighted by atomic mass is 79.9. The van der Waals surface area contributed by atoms with E-state index in [4.69, 9.17) is 0 Å². The highest BCUT2D eigenvalue weighted by Gasteiger charge is 2.42. The van der Waals surface area contributed by atoms with Gasteiger partial charge in [0.1, 0.15) is 0 Å². The van der Waals surface area contributed by atoms with E-state index in [0.29, 0.717) is 5.56 Å². The van der Waals surface area contributed by atoms with Crippen LogP contribution in [-0.4, -0.2) is 34.6 Å². The molecule has 0 saturated carbocycles. The Morgan fingerprint density at radius 1 is 1.24 bits per heavy atom. The third-order valence-corrected chi connectivity index (χ3v) is 5.32. The Morgan fingerprint density at radius 3 is 2.44 bits per heavy atom. The zero-order valence-corrected chi connectivity index (χ0v) is 15.7. The third kappa shape index (κ3) is 3.57. The standard InChI is InChI=1S/C18H20BrF3N2O/c1-11(2)24-10-15(14-4-3-13(19)9-16(14)24)17(25)23-7-5-12(6-8-23)18(20,21)22/h3-4,9-12H,5-8H2,1-2H3. The number of nitrogens with zero attached hydrogens (tertiary/aromatic N) is 2. The van der Waals surface area contributed by atoms with E-state index < -0.39 is 12.1 Å². The van der Waals surface area contributed by atoms with Crippen molar-refractivity contribution in [3.63, 3.8) is 0 Å². The average molecular weight is 417 g/mol. The number of aromatic nitrogens is 1. The van der Waals surface area contributed by atoms with E-state index in [2.05, 4.69) is 15.9 Å². The van der Waals surface area contributed by atoms with E-state index in [0.717, 1.165) is 15.4 Å². The van der Waals surface area contributed by atoms with Gasteiger partial charge in [0.25, 0.3) is 5.91 Å². The first-order chi connectivity index (χ1) is 11.7. The molecule has 0 N–H and O–H groups in total. The summed E-state index contributed by atoms with van der Waals surface area (Å²) in [5.41, 5.74) is 1.50. The van der Waals surface area contributed by atoms with Crippen LogP contribution in [0.4, 0.5) is 13.2 Å². The Bertz CT molecular complexity index is 789. The second kappa shape index (κ2) is 6.67. The van der Waals surface area contributed by atoms with Gasteiger partial charge >= 0.3 is 6.18 Å². The maximum atomic E-state index is 12.9. The van der Waals surface area contributed by atoms with Crippen LogP contribution in [0, 0.1) is 5.92 Å². The van der Waals surface area contributed by atoms with E-state index in [1.165, 1.54) is 0 Å². The van der Waals surface area contributed by atoms with Gasteiger partial charge in [-0.2, -0.15) is 13.2 Å². The van der Waals surface area contributed by atoms with Gasteiger partial charge in [0, 0.05) is 35.2 Å². The van der Waals surface area contributed by atoms with Crippen LogP contribution >= 0.6 is 15.9 Å². The number of hydrogen-bond acceptors (Lipinski definition) is 1. The molecule has 0 aliphatic carbocycles. The molecular formula is C18H20BrF3N2O. The van der Waals surface area contributed by atoms with Crippen molar-refractivity contribution in [1.29, 1.82) is 0 Å². The molecule has 3 nitrogen and oxygen atoms in total. The number of fused-ring (bicyclic) bond motifs is 1. The minimum absolute atomic E-state index is 0.0242. The quantitative estimate of drug-likeness (QED) is 0.643. The molecular weight excluding hydrogens is 397 g/mol. The summed E-state index contributed by atoms with van der Waals surface area (Å²) in [6, 6.07) is 5.89. The first-order valence-corrected chi connectivity index (χ1v) is 9.14. The molecule has 1 aromatic heterocycles. The van der Waals surface area contributed by atoms with Gasteiger partial charge in [0.2, 0.25) is 0 Å². The van der Waals surface area contributed by atoms with Gasteiger partial charge in [-0.15, -0.1) is 0 Å². The van der Waals surface area contributed by atoms with Crippen LogP contribution in [0.5, 0.6) is 0 Å². The van der Waals surface area contributed by atoms with Crippen molar-refractivity contribution in [2.24, 2.45) is 5.92 Å². The van der Waals surface area contributed by atoms with Crippen LogP contribution < -0.4 is 0 Å². The zero-order chi connectivity index (χ0) is 18.4. The number of halogens is 4. The predicted molar refractivity (Wildman–Crippen MR) is 94.7 cm³/mol. The maximum Gasteiger partial charge on any atom is 0.391 e. The Kier molecular flexibility index (Phi) is 4.88. The Balaban J connectivity index is 1.88. The predicted octanol–water partition coefficient (Wildman–Crippen LogP) is 5.40. The number of carbonyl (C=O) groups excluding carboxylic acids is 1. The highest BCUT2D eigenvalue weighted by molar-refractivity contribution is 9.10. The van der Waals surface area contributed by atoms with Crippen LogP contribution in [0.3, 0.4) is 0 Å². The Morgan fingerprint density at radius 2 is 1.88 bits per heavy atom. The number of rotatable bonds is 2. The van der Waals surface area contributed by atoms with Gasteiger partial charge in [-0.25, -0.2) is 0 Å². The molecule has 1 amide bonds. The lowest BCUT2D eigenvalue weighted by Crippen LogP contribution is -2.42. The van der Waals surface area contributed by atoms with Crippen LogP contribution in [0.15, 0.2) is 28.9 Å². The van der Waals surface area contributed by atoms with Crippen LogP contribution in [0.1, 0.15) is 43.1 Å². The SMILES string of the molecule is CC(C)n1cc(C(=O)N2CCC(C(F)(F)F)CC2)c2ccc(Br)cc21. The lowest BCUT2D eigenvalue weighted by molar-refractivity contribution is -0.183. The molecule has 3 rings (SSSR count). The summed E-state index contributed by atoms with van der Waals surface area (Å²) in [5.74, 6) is -1.49. The number of piperidine rings is 1. The monoisotopic (exact) mass is 416 g/mol. The van der Waals surface area contributed by atoms with Crippen molar-refractivity contribution in [2.45, 2.75) is 38.9 Å². The fourth-order valence-electron chi connectivity index (χ4n) is 3.40. The van der Waals surface area contributed by atoms with Crippen molar-refractivity contribution < 1.29 is 18.0 Å². The fourth-order valence-corrected chi connectivity index (χ4v) is 3.75. The minimum atomic E-state index is -4.17. The van der Waals surface area contributed by atoms with Gasteiger partial charge in [-0.1, -0.05) is 22.0 Å². The minimum Gasteiger partial charge on any atom is -0.344 e. The summed E-state index contributed by atoms with van der Waals surface area (Å²) in [6.45, 7) is 4.36. The first-order valence-electron chi connectivity index (χ1n) is 8.34. The van der Waals surface area contributed by atoms with Crippen LogP contribution in [0.2, 0.25) is 0 Å². The summed E-state index contributed by atoms with van der Waals surface area (Å²) in [7, 11) is 0. The van der Waals surface area contributed by atoms with Gasteiger partial charge in [-0.05, 0) is 38.8 Å². The van der Waals surface area contributed by atoms with E-state index in [9.17, 15) is 18.0 Å². The Hall–Kier alpha value is -1.50. The summed E-state index contributed by atoms with van der Waals surface area (Å²) in [4.78, 5) is 14.5. The molecule has 0 atom stereocenters. The lowest BCUT2D eigenvalue weighted by Gasteiger charge is -2.32. The number of benzene rings is 1. The number of alkyl halides is 3. The number of likely N-dealkylation sites (tertiary alicyclic amines) is 1. The van der Waals surface area contributed by atoms with Crippen LogP contribution in [0.25, 0.3) is 10.9 Å². The molecule has 25 heavy (non-hydrogen) atoms. The number of hydrogen-bond donors (Lipinski definition) is 0. The van der Waals surface area contributed by atoms with E-state index in [-0.39, 0.29) is 37.9 Å². The molecule has 1 saturated heterocycles. The topological polar surface area (TPSA) is 25.2 Å². The fraction of sp³-hybridized carbons (Fsp3) is 0.500. The molecule has 136 valence electrons. The second-order valence-corrected chi connectivity index (χ2v) is 7.73. The van der Waals surface area contributed by atoms with Crippen molar-refractivity contribution in [2.75, 3.05) is 13.1 Å². The molecule has 1 aliphatic rings. The van der Waals surface area contributed by atoms with Crippen molar-refractivity contribution >= 4 is 32.7 Å². The molecule has 1 aromatic carbocycles. The van der Waals surface area contributed by atoms with Gasteiger partial charge in [0.05, 0.1) is 17.0 Å². The second-order valence-electron chi connectivity index (χ2n) is 6.81. The van der Waals surface area contributed by atoms with Gasteiger partial charge in [-0.3, -0.25) is 4.79 Å². The lowest BCUT2D eigenvalue weighted by atomic mass is 9.96. The Labute approximate surface area is 152 Å². The number of carbonyl (C=O) groups is 1. The maximum absolute atomic E-state index is 12.9. The van der Waals surface area contributed by atoms with Crippen molar-refractivity contribution in [3.8, 4) is 0 Å². The summed E-state index contributed by atoms with van der Waals surface area (Å²) >= 11 is 3.45. The van der Waals surface area contributed by atoms with Crippen LogP contribution in [-0.2, 0) is 0 Å². The smallest absolute Gasteiger partial charge is 0.344 e. The van der Waals surface area contributed by atoms with Gasteiger partial charge < -0.3 is 9.47 Å². The molecule has 0 spiro atoms. The average Bonchev–Trinajstić information content (AvgIpc) is 2.92. The summed E-state index contributed by atoms with van der Waals surface area (Å²) in [6.07, 6.45) is -2.40. The zero-order valence-electron chi connectivity index (χ0n) is 14.1. The van der Waals surface area contributed by atoms with E-state index in [1.54, 1.807) is 4.90 Å². The molecule has 2 heterocycles. The van der Waals surface area contributed by atoms with Crippen molar-refractivity contribution in [1.82, 2.24) is 9.47 Å². The molecule has 0 unspecified atom stereocenters. The summed E-state index contributed by atoms with van der Waals surface area (Å²) in [5, 5.41) is 0.833. The third-order valence-electron chi connectivity index (χ3n) is 4.83. The largest absolute Gasteiger partial charge is 0.391 e.